The fourth-order valence-electron chi connectivity index (χ4n) is 4.98. The SMILES string of the molecule is COc1nc(NC2CCN(C3COC3)CC2)nn2ccc(-c3ccc4nnn([C@@H](C)C(F)(F)F)c4c3)c12. The maximum absolute atomic E-state index is 13.4. The number of fused-ring (bicyclic) bond motifs is 2. The molecule has 4 aromatic rings. The molecule has 0 saturated carbocycles. The Balaban J connectivity index is 1.28. The first-order valence-corrected chi connectivity index (χ1v) is 12.3. The summed E-state index contributed by atoms with van der Waals surface area (Å²) in [6.45, 7) is 4.70. The van der Waals surface area contributed by atoms with Crippen molar-refractivity contribution in [3.05, 3.63) is 30.5 Å². The molecule has 196 valence electrons. The Morgan fingerprint density at radius 3 is 2.62 bits per heavy atom. The summed E-state index contributed by atoms with van der Waals surface area (Å²) in [6, 6.07) is 5.93. The van der Waals surface area contributed by atoms with Crippen LogP contribution in [0.2, 0.25) is 0 Å². The Morgan fingerprint density at radius 1 is 1.16 bits per heavy atom. The van der Waals surface area contributed by atoms with Crippen molar-refractivity contribution < 1.29 is 22.6 Å². The summed E-state index contributed by atoms with van der Waals surface area (Å²) in [5, 5.41) is 15.7. The lowest BCUT2D eigenvalue weighted by atomic mass is 10.0. The van der Waals surface area contributed by atoms with Crippen LogP contribution in [0.3, 0.4) is 0 Å². The molecule has 6 rings (SSSR count). The number of anilines is 1. The molecule has 0 spiro atoms. The van der Waals surface area contributed by atoms with Gasteiger partial charge in [0.25, 0.3) is 0 Å². The minimum absolute atomic E-state index is 0.250. The van der Waals surface area contributed by atoms with Crippen molar-refractivity contribution in [2.24, 2.45) is 0 Å². The van der Waals surface area contributed by atoms with Crippen LogP contribution >= 0.6 is 0 Å². The van der Waals surface area contributed by atoms with E-state index in [1.165, 1.54) is 7.11 Å². The number of halogens is 3. The summed E-state index contributed by atoms with van der Waals surface area (Å²) in [4.78, 5) is 7.08. The Labute approximate surface area is 210 Å². The Hall–Kier alpha value is -3.45. The molecule has 37 heavy (non-hydrogen) atoms. The average Bonchev–Trinajstić information content (AvgIpc) is 3.46. The van der Waals surface area contributed by atoms with Gasteiger partial charge in [0.05, 0.1) is 31.9 Å². The molecule has 0 radical (unpaired) electrons. The standard InChI is InChI=1S/C24H27F3N8O2/c1-14(24(25,26)27)35-20-11-15(3-4-19(20)30-32-35)18-7-10-34-21(18)22(36-2)29-23(31-34)28-16-5-8-33(9-6-16)17-12-37-13-17/h3-4,7,10-11,14,16-17H,5-6,8-9,12-13H2,1-2H3,(H,28,31)/t14-/m0/s1. The summed E-state index contributed by atoms with van der Waals surface area (Å²) in [5.74, 6) is 0.839. The van der Waals surface area contributed by atoms with E-state index in [2.05, 4.69) is 30.6 Å². The number of methoxy groups -OCH3 is 1. The van der Waals surface area contributed by atoms with E-state index in [9.17, 15) is 13.2 Å². The topological polar surface area (TPSA) is 94.6 Å². The lowest BCUT2D eigenvalue weighted by molar-refractivity contribution is -0.164. The molecule has 10 nitrogen and oxygen atoms in total. The molecule has 0 amide bonds. The second-order valence-corrected chi connectivity index (χ2v) is 9.57. The number of rotatable bonds is 6. The van der Waals surface area contributed by atoms with Crippen molar-refractivity contribution in [3.63, 3.8) is 0 Å². The zero-order chi connectivity index (χ0) is 25.7. The third kappa shape index (κ3) is 4.35. The van der Waals surface area contributed by atoms with Crippen LogP contribution in [-0.4, -0.2) is 86.2 Å². The highest BCUT2D eigenvalue weighted by Crippen LogP contribution is 2.35. The number of likely N-dealkylation sites (tertiary alicyclic amines) is 1. The number of hydrogen-bond donors (Lipinski definition) is 1. The van der Waals surface area contributed by atoms with Crippen LogP contribution in [0.4, 0.5) is 19.1 Å². The maximum atomic E-state index is 13.4. The van der Waals surface area contributed by atoms with Crippen LogP contribution in [0.15, 0.2) is 30.5 Å². The highest BCUT2D eigenvalue weighted by molar-refractivity contribution is 5.89. The van der Waals surface area contributed by atoms with E-state index >= 15 is 0 Å². The van der Waals surface area contributed by atoms with E-state index in [-0.39, 0.29) is 6.04 Å². The van der Waals surface area contributed by atoms with E-state index in [0.717, 1.165) is 56.3 Å². The van der Waals surface area contributed by atoms with Crippen molar-refractivity contribution in [3.8, 4) is 17.0 Å². The molecule has 2 aliphatic rings. The zero-order valence-electron chi connectivity index (χ0n) is 20.4. The smallest absolute Gasteiger partial charge is 0.410 e. The molecule has 2 fully saturated rings. The molecular weight excluding hydrogens is 489 g/mol. The van der Waals surface area contributed by atoms with Crippen LogP contribution in [0.1, 0.15) is 25.8 Å². The molecule has 3 aromatic heterocycles. The van der Waals surface area contributed by atoms with Crippen LogP contribution in [0.25, 0.3) is 27.7 Å². The summed E-state index contributed by atoms with van der Waals surface area (Å²) in [5.41, 5.74) is 2.71. The number of ether oxygens (including phenoxy) is 2. The summed E-state index contributed by atoms with van der Waals surface area (Å²) < 4.78 is 53.6. The van der Waals surface area contributed by atoms with Crippen LogP contribution in [0, 0.1) is 0 Å². The van der Waals surface area contributed by atoms with Gasteiger partial charge in [-0.2, -0.15) is 18.2 Å². The van der Waals surface area contributed by atoms with Crippen molar-refractivity contribution >= 4 is 22.5 Å². The number of benzene rings is 1. The number of alkyl halides is 3. The molecule has 13 heteroatoms. The van der Waals surface area contributed by atoms with E-state index in [4.69, 9.17) is 9.47 Å². The number of hydrogen-bond acceptors (Lipinski definition) is 8. The average molecular weight is 517 g/mol. The van der Waals surface area contributed by atoms with Gasteiger partial charge in [0.1, 0.15) is 17.1 Å². The molecule has 0 unspecified atom stereocenters. The number of nitrogens with zero attached hydrogens (tertiary/aromatic N) is 7. The van der Waals surface area contributed by atoms with Crippen LogP contribution < -0.4 is 10.1 Å². The molecule has 1 aromatic carbocycles. The molecule has 1 N–H and O–H groups in total. The first kappa shape index (κ1) is 23.9. The maximum Gasteiger partial charge on any atom is 0.410 e. The van der Waals surface area contributed by atoms with Crippen molar-refractivity contribution in [1.29, 1.82) is 0 Å². The number of nitrogens with one attached hydrogen (secondary N) is 1. The predicted molar refractivity (Wildman–Crippen MR) is 130 cm³/mol. The lowest BCUT2D eigenvalue weighted by Crippen LogP contribution is -2.53. The van der Waals surface area contributed by atoms with E-state index < -0.39 is 12.2 Å². The van der Waals surface area contributed by atoms with E-state index in [0.29, 0.717) is 40.0 Å². The van der Waals surface area contributed by atoms with Crippen molar-refractivity contribution in [1.82, 2.24) is 34.5 Å². The van der Waals surface area contributed by atoms with Gasteiger partial charge in [0.2, 0.25) is 11.8 Å². The second-order valence-electron chi connectivity index (χ2n) is 9.57. The first-order chi connectivity index (χ1) is 17.8. The molecule has 0 bridgehead atoms. The molecular formula is C24H27F3N8O2. The summed E-state index contributed by atoms with van der Waals surface area (Å²) in [6.07, 6.45) is -0.691. The minimum atomic E-state index is -4.44. The minimum Gasteiger partial charge on any atom is -0.479 e. The summed E-state index contributed by atoms with van der Waals surface area (Å²) >= 11 is 0. The van der Waals surface area contributed by atoms with Crippen LogP contribution in [-0.2, 0) is 4.74 Å². The predicted octanol–water partition coefficient (Wildman–Crippen LogP) is 3.55. The van der Waals surface area contributed by atoms with Gasteiger partial charge in [-0.1, -0.05) is 11.3 Å². The second kappa shape index (κ2) is 9.14. The Bertz CT molecular complexity index is 1420. The number of aromatic nitrogens is 6. The quantitative estimate of drug-likeness (QED) is 0.416. The monoisotopic (exact) mass is 516 g/mol. The normalized spacial score (nSPS) is 18.8. The van der Waals surface area contributed by atoms with Gasteiger partial charge in [-0.15, -0.1) is 10.2 Å². The van der Waals surface area contributed by atoms with Gasteiger partial charge < -0.3 is 14.8 Å². The molecule has 1 atom stereocenters. The Morgan fingerprint density at radius 2 is 1.95 bits per heavy atom. The van der Waals surface area contributed by atoms with E-state index in [1.54, 1.807) is 28.9 Å². The highest BCUT2D eigenvalue weighted by Gasteiger charge is 2.39. The lowest BCUT2D eigenvalue weighted by Gasteiger charge is -2.41. The molecule has 5 heterocycles. The van der Waals surface area contributed by atoms with Gasteiger partial charge in [-0.05, 0) is 43.5 Å². The van der Waals surface area contributed by atoms with Gasteiger partial charge >= 0.3 is 6.18 Å². The zero-order valence-corrected chi connectivity index (χ0v) is 20.4. The number of piperidine rings is 1. The molecule has 2 aliphatic heterocycles. The van der Waals surface area contributed by atoms with Gasteiger partial charge in [-0.25, -0.2) is 9.20 Å². The van der Waals surface area contributed by atoms with Crippen molar-refractivity contribution in [2.45, 2.75) is 44.1 Å². The molecule has 0 aliphatic carbocycles. The molecule has 2 saturated heterocycles. The van der Waals surface area contributed by atoms with Gasteiger partial charge in [-0.3, -0.25) is 4.90 Å². The fraction of sp³-hybridized carbons (Fsp3) is 0.500. The van der Waals surface area contributed by atoms with Crippen molar-refractivity contribution in [2.75, 3.05) is 38.7 Å². The highest BCUT2D eigenvalue weighted by atomic mass is 19.4. The largest absolute Gasteiger partial charge is 0.479 e. The first-order valence-electron chi connectivity index (χ1n) is 12.3. The summed E-state index contributed by atoms with van der Waals surface area (Å²) in [7, 11) is 1.54. The third-order valence-corrected chi connectivity index (χ3v) is 7.29. The van der Waals surface area contributed by atoms with Gasteiger partial charge in [0, 0.05) is 30.9 Å². The van der Waals surface area contributed by atoms with Crippen LogP contribution in [0.5, 0.6) is 5.88 Å². The van der Waals surface area contributed by atoms with Gasteiger partial charge in [0.15, 0.2) is 0 Å². The fourth-order valence-corrected chi connectivity index (χ4v) is 4.98. The third-order valence-electron chi connectivity index (χ3n) is 7.29. The van der Waals surface area contributed by atoms with E-state index in [1.807, 2.05) is 6.07 Å². The Kier molecular flexibility index (Phi) is 5.91.